The van der Waals surface area contributed by atoms with Gasteiger partial charge in [0.25, 0.3) is 0 Å². The van der Waals surface area contributed by atoms with E-state index >= 15 is 0 Å². The van der Waals surface area contributed by atoms with Crippen LogP contribution in [-0.4, -0.2) is 0 Å². The molecule has 134 valence electrons. The van der Waals surface area contributed by atoms with Crippen molar-refractivity contribution in [2.75, 3.05) is 0 Å². The molecule has 0 amide bonds. The first-order valence-electron chi connectivity index (χ1n) is 10.1. The van der Waals surface area contributed by atoms with Gasteiger partial charge in [-0.3, -0.25) is 0 Å². The van der Waals surface area contributed by atoms with Crippen LogP contribution in [0.4, 0.5) is 0 Å². The maximum atomic E-state index is 2.54. The molecule has 0 N–H and O–H groups in total. The lowest BCUT2D eigenvalue weighted by atomic mass is 9.67. The van der Waals surface area contributed by atoms with Gasteiger partial charge in [-0.25, -0.2) is 0 Å². The van der Waals surface area contributed by atoms with Crippen molar-refractivity contribution in [3.8, 4) is 0 Å². The van der Waals surface area contributed by atoms with Crippen LogP contribution in [0, 0.1) is 27.2 Å². The molecule has 0 nitrogen and oxygen atoms in total. The Morgan fingerprint density at radius 1 is 1.04 bits per heavy atom. The van der Waals surface area contributed by atoms with E-state index in [1.54, 1.807) is 5.57 Å². The third kappa shape index (κ3) is 2.61. The van der Waals surface area contributed by atoms with Crippen molar-refractivity contribution < 1.29 is 0 Å². The standard InChI is InChI=1S/C25H27I/c1-25(2)23-14-19(18-8-7-16-5-3-4-6-17(16)13-18)9-11-21(23)22-12-10-20(26)15-24(22)25/h3,5,7-12,15-19H,4,6,13-14H2,1-2H3. The zero-order chi connectivity index (χ0) is 17.9. The number of fused-ring (bicyclic) bond motifs is 3. The topological polar surface area (TPSA) is 0 Å². The third-order valence-electron chi connectivity index (χ3n) is 7.29. The van der Waals surface area contributed by atoms with Crippen LogP contribution in [0.3, 0.4) is 0 Å². The van der Waals surface area contributed by atoms with Gasteiger partial charge in [0.05, 0.1) is 0 Å². The molecule has 0 heterocycles. The molecule has 26 heavy (non-hydrogen) atoms. The van der Waals surface area contributed by atoms with Gasteiger partial charge in [-0.1, -0.05) is 61.9 Å². The van der Waals surface area contributed by atoms with E-state index in [0.29, 0.717) is 17.8 Å². The number of hydrogen-bond donors (Lipinski definition) is 0. The lowest BCUT2D eigenvalue weighted by molar-refractivity contribution is 0.278. The molecule has 1 aromatic rings. The molecule has 0 radical (unpaired) electrons. The van der Waals surface area contributed by atoms with Crippen molar-refractivity contribution in [1.82, 2.24) is 0 Å². The molecular weight excluding hydrogens is 427 g/mol. The van der Waals surface area contributed by atoms with Crippen LogP contribution in [0.2, 0.25) is 0 Å². The average Bonchev–Trinajstić information content (AvgIpc) is 2.88. The summed E-state index contributed by atoms with van der Waals surface area (Å²) in [5.74, 6) is 2.96. The first kappa shape index (κ1) is 17.0. The molecule has 5 rings (SSSR count). The van der Waals surface area contributed by atoms with E-state index in [-0.39, 0.29) is 5.41 Å². The minimum absolute atomic E-state index is 0.170. The van der Waals surface area contributed by atoms with Crippen molar-refractivity contribution in [3.05, 3.63) is 74.9 Å². The predicted octanol–water partition coefficient (Wildman–Crippen LogP) is 7.07. The highest BCUT2D eigenvalue weighted by Gasteiger charge is 2.40. The second kappa shape index (κ2) is 6.22. The van der Waals surface area contributed by atoms with Gasteiger partial charge >= 0.3 is 0 Å². The van der Waals surface area contributed by atoms with Crippen LogP contribution in [0.15, 0.2) is 60.2 Å². The Kier molecular flexibility index (Phi) is 4.08. The summed E-state index contributed by atoms with van der Waals surface area (Å²) in [4.78, 5) is 0. The monoisotopic (exact) mass is 454 g/mol. The molecule has 0 saturated heterocycles. The van der Waals surface area contributed by atoms with Crippen LogP contribution in [0.5, 0.6) is 0 Å². The lowest BCUT2D eigenvalue weighted by Gasteiger charge is -2.37. The van der Waals surface area contributed by atoms with Crippen LogP contribution in [0.1, 0.15) is 50.7 Å². The number of rotatable bonds is 1. The molecule has 0 aromatic heterocycles. The van der Waals surface area contributed by atoms with Gasteiger partial charge < -0.3 is 0 Å². The summed E-state index contributed by atoms with van der Waals surface area (Å²) in [5.41, 5.74) is 6.34. The molecule has 0 aliphatic heterocycles. The zero-order valence-corrected chi connectivity index (χ0v) is 17.9. The summed E-state index contributed by atoms with van der Waals surface area (Å²) in [6.45, 7) is 4.86. The molecule has 0 spiro atoms. The Hall–Kier alpha value is -1.09. The number of benzene rings is 1. The fourth-order valence-electron chi connectivity index (χ4n) is 5.73. The van der Waals surface area contributed by atoms with E-state index < -0.39 is 0 Å². The summed E-state index contributed by atoms with van der Waals surface area (Å²) in [6, 6.07) is 6.99. The fraction of sp³-hybridized carbons (Fsp3) is 0.440. The quantitative estimate of drug-likeness (QED) is 0.315. The number of halogens is 1. The minimum Gasteiger partial charge on any atom is -0.0879 e. The van der Waals surface area contributed by atoms with E-state index in [4.69, 9.17) is 0 Å². The third-order valence-corrected chi connectivity index (χ3v) is 7.96. The van der Waals surface area contributed by atoms with Crippen molar-refractivity contribution >= 4 is 28.2 Å². The van der Waals surface area contributed by atoms with Crippen molar-refractivity contribution in [1.29, 1.82) is 0 Å². The summed E-state index contributed by atoms with van der Waals surface area (Å²) in [5, 5.41) is 0. The number of allylic oxidation sites excluding steroid dienone is 8. The second-order valence-corrected chi connectivity index (χ2v) is 10.3. The highest BCUT2D eigenvalue weighted by molar-refractivity contribution is 14.1. The molecule has 4 atom stereocenters. The normalized spacial score (nSPS) is 33.8. The molecule has 4 aliphatic rings. The van der Waals surface area contributed by atoms with E-state index in [1.807, 2.05) is 0 Å². The molecular formula is C25H27I. The number of hydrogen-bond acceptors (Lipinski definition) is 0. The van der Waals surface area contributed by atoms with Crippen molar-refractivity contribution in [2.45, 2.75) is 44.9 Å². The second-order valence-electron chi connectivity index (χ2n) is 9.06. The molecule has 0 saturated carbocycles. The molecule has 0 fully saturated rings. The molecule has 1 aromatic carbocycles. The zero-order valence-electron chi connectivity index (χ0n) is 15.7. The van der Waals surface area contributed by atoms with Crippen LogP contribution < -0.4 is 0 Å². The van der Waals surface area contributed by atoms with Gasteiger partial charge in [0.15, 0.2) is 0 Å². The Morgan fingerprint density at radius 3 is 2.81 bits per heavy atom. The average molecular weight is 454 g/mol. The van der Waals surface area contributed by atoms with E-state index in [9.17, 15) is 0 Å². The SMILES string of the molecule is CC1(C)C2=C(C=CC(C3C=CC4C=CCCC4C3)C2)c2ccc(I)cc21. The van der Waals surface area contributed by atoms with E-state index in [0.717, 1.165) is 5.92 Å². The Morgan fingerprint density at radius 2 is 1.92 bits per heavy atom. The fourth-order valence-corrected chi connectivity index (χ4v) is 6.22. The Balaban J connectivity index is 1.43. The molecule has 0 bridgehead atoms. The van der Waals surface area contributed by atoms with Gasteiger partial charge in [-0.2, -0.15) is 0 Å². The maximum Gasteiger partial charge on any atom is 0.0133 e. The smallest absolute Gasteiger partial charge is 0.0133 e. The van der Waals surface area contributed by atoms with Crippen LogP contribution in [0.25, 0.3) is 5.57 Å². The lowest BCUT2D eigenvalue weighted by Crippen LogP contribution is -2.27. The summed E-state index contributed by atoms with van der Waals surface area (Å²) in [7, 11) is 0. The Labute approximate surface area is 171 Å². The summed E-state index contributed by atoms with van der Waals surface area (Å²) >= 11 is 2.45. The van der Waals surface area contributed by atoms with Gasteiger partial charge in [-0.15, -0.1) is 0 Å². The van der Waals surface area contributed by atoms with E-state index in [1.165, 1.54) is 46.0 Å². The van der Waals surface area contributed by atoms with Gasteiger partial charge in [0.1, 0.15) is 0 Å². The molecule has 1 heteroatoms. The van der Waals surface area contributed by atoms with Crippen molar-refractivity contribution in [3.63, 3.8) is 0 Å². The predicted molar refractivity (Wildman–Crippen MR) is 119 cm³/mol. The van der Waals surface area contributed by atoms with Crippen LogP contribution >= 0.6 is 22.6 Å². The van der Waals surface area contributed by atoms with Gasteiger partial charge in [0.2, 0.25) is 0 Å². The maximum absolute atomic E-state index is 2.54. The largest absolute Gasteiger partial charge is 0.0879 e. The molecule has 4 unspecified atom stereocenters. The van der Waals surface area contributed by atoms with Crippen molar-refractivity contribution in [2.24, 2.45) is 23.7 Å². The van der Waals surface area contributed by atoms with Gasteiger partial charge in [-0.05, 0) is 101 Å². The highest BCUT2D eigenvalue weighted by atomic mass is 127. The van der Waals surface area contributed by atoms with Crippen LogP contribution in [-0.2, 0) is 5.41 Å². The van der Waals surface area contributed by atoms with E-state index in [2.05, 4.69) is 91.1 Å². The summed E-state index contributed by atoms with van der Waals surface area (Å²) in [6.07, 6.45) is 20.1. The Bertz CT molecular complexity index is 864. The minimum atomic E-state index is 0.170. The molecule has 4 aliphatic carbocycles. The van der Waals surface area contributed by atoms with Gasteiger partial charge in [0, 0.05) is 8.99 Å². The summed E-state index contributed by atoms with van der Waals surface area (Å²) < 4.78 is 1.35. The first-order valence-corrected chi connectivity index (χ1v) is 11.2. The highest BCUT2D eigenvalue weighted by Crippen LogP contribution is 2.53. The first-order chi connectivity index (χ1) is 12.5.